The van der Waals surface area contributed by atoms with E-state index in [4.69, 9.17) is 0 Å². The van der Waals surface area contributed by atoms with Crippen molar-refractivity contribution < 1.29 is 9.59 Å². The highest BCUT2D eigenvalue weighted by atomic mass is 79.9. The summed E-state index contributed by atoms with van der Waals surface area (Å²) in [6.07, 6.45) is 1.90. The summed E-state index contributed by atoms with van der Waals surface area (Å²) in [4.78, 5) is 24.7. The molecule has 0 aromatic heterocycles. The van der Waals surface area contributed by atoms with Gasteiger partial charge in [-0.2, -0.15) is 0 Å². The van der Waals surface area contributed by atoms with Gasteiger partial charge in [-0.25, -0.2) is 0 Å². The number of benzene rings is 1. The fourth-order valence-electron chi connectivity index (χ4n) is 2.56. The summed E-state index contributed by atoms with van der Waals surface area (Å²) in [5, 5.41) is 2.97. The van der Waals surface area contributed by atoms with E-state index in [0.29, 0.717) is 5.56 Å². The molecule has 4 nitrogen and oxygen atoms in total. The van der Waals surface area contributed by atoms with Crippen LogP contribution in [0.3, 0.4) is 0 Å². The van der Waals surface area contributed by atoms with Crippen LogP contribution in [0.2, 0.25) is 0 Å². The Morgan fingerprint density at radius 2 is 1.90 bits per heavy atom. The van der Waals surface area contributed by atoms with E-state index in [1.54, 1.807) is 13.8 Å². The van der Waals surface area contributed by atoms with Crippen molar-refractivity contribution in [2.24, 2.45) is 0 Å². The van der Waals surface area contributed by atoms with E-state index < -0.39 is 0 Å². The van der Waals surface area contributed by atoms with E-state index in [0.717, 1.165) is 36.1 Å². The molecule has 0 atom stereocenters. The van der Waals surface area contributed by atoms with Crippen molar-refractivity contribution in [3.05, 3.63) is 28.2 Å². The molecule has 108 valence electrons. The monoisotopic (exact) mass is 338 g/mol. The Labute approximate surface area is 127 Å². The summed E-state index contributed by atoms with van der Waals surface area (Å²) in [5.74, 6) is 0.102. The van der Waals surface area contributed by atoms with Crippen molar-refractivity contribution in [1.29, 1.82) is 0 Å². The normalized spacial score (nSPS) is 16.1. The molecule has 1 aromatic carbocycles. The van der Waals surface area contributed by atoms with Gasteiger partial charge in [0.15, 0.2) is 5.78 Å². The van der Waals surface area contributed by atoms with Crippen LogP contribution in [0.25, 0.3) is 0 Å². The molecule has 1 fully saturated rings. The second kappa shape index (κ2) is 6.39. The number of anilines is 1. The number of amides is 1. The zero-order valence-electron chi connectivity index (χ0n) is 11.8. The lowest BCUT2D eigenvalue weighted by molar-refractivity contribution is -0.119. The van der Waals surface area contributed by atoms with Crippen LogP contribution in [0.15, 0.2) is 22.7 Å². The zero-order valence-corrected chi connectivity index (χ0v) is 13.4. The van der Waals surface area contributed by atoms with E-state index in [1.807, 2.05) is 18.2 Å². The van der Waals surface area contributed by atoms with Gasteiger partial charge in [-0.3, -0.25) is 9.59 Å². The number of piperidine rings is 1. The summed E-state index contributed by atoms with van der Waals surface area (Å²) in [5.41, 5.74) is 1.82. The van der Waals surface area contributed by atoms with Gasteiger partial charge in [0.2, 0.25) is 5.91 Å². The molecule has 1 heterocycles. The lowest BCUT2D eigenvalue weighted by Gasteiger charge is -2.34. The topological polar surface area (TPSA) is 49.4 Å². The Morgan fingerprint density at radius 1 is 1.25 bits per heavy atom. The number of halogens is 1. The van der Waals surface area contributed by atoms with Crippen LogP contribution >= 0.6 is 15.9 Å². The Hall–Kier alpha value is -1.36. The number of rotatable bonds is 3. The van der Waals surface area contributed by atoms with Crippen molar-refractivity contribution in [2.75, 3.05) is 18.0 Å². The number of carbonyl (C=O) groups excluding carboxylic acids is 2. The number of carbonyl (C=O) groups is 2. The quantitative estimate of drug-likeness (QED) is 0.862. The minimum Gasteiger partial charge on any atom is -0.371 e. The van der Waals surface area contributed by atoms with Crippen molar-refractivity contribution in [2.45, 2.75) is 32.7 Å². The maximum Gasteiger partial charge on any atom is 0.217 e. The minimum absolute atomic E-state index is 0.0389. The average Bonchev–Trinajstić information content (AvgIpc) is 2.38. The fourth-order valence-corrected chi connectivity index (χ4v) is 3.20. The third kappa shape index (κ3) is 3.60. The van der Waals surface area contributed by atoms with Gasteiger partial charge < -0.3 is 10.2 Å². The number of nitrogens with zero attached hydrogens (tertiary/aromatic N) is 1. The highest BCUT2D eigenvalue weighted by Crippen LogP contribution is 2.26. The van der Waals surface area contributed by atoms with Gasteiger partial charge in [-0.15, -0.1) is 0 Å². The first-order chi connectivity index (χ1) is 9.47. The van der Waals surface area contributed by atoms with Crippen LogP contribution in [0, 0.1) is 0 Å². The Bertz CT molecular complexity index is 523. The molecule has 20 heavy (non-hydrogen) atoms. The second-order valence-electron chi connectivity index (χ2n) is 5.18. The third-order valence-electron chi connectivity index (χ3n) is 3.60. The van der Waals surface area contributed by atoms with Crippen molar-refractivity contribution in [1.82, 2.24) is 5.32 Å². The van der Waals surface area contributed by atoms with Gasteiger partial charge in [-0.05, 0) is 53.9 Å². The van der Waals surface area contributed by atoms with E-state index in [9.17, 15) is 9.59 Å². The molecule has 0 radical (unpaired) electrons. The summed E-state index contributed by atoms with van der Waals surface area (Å²) in [6, 6.07) is 6.13. The lowest BCUT2D eigenvalue weighted by atomic mass is 10.0. The largest absolute Gasteiger partial charge is 0.371 e. The van der Waals surface area contributed by atoms with E-state index in [-0.39, 0.29) is 17.7 Å². The smallest absolute Gasteiger partial charge is 0.217 e. The van der Waals surface area contributed by atoms with E-state index in [1.165, 1.54) is 0 Å². The minimum atomic E-state index is 0.0389. The number of nitrogens with one attached hydrogen (secondary N) is 1. The molecule has 2 rings (SSSR count). The maximum atomic E-state index is 11.4. The first kappa shape index (κ1) is 15.0. The van der Waals surface area contributed by atoms with Crippen molar-refractivity contribution in [3.63, 3.8) is 0 Å². The molecule has 1 amide bonds. The summed E-state index contributed by atoms with van der Waals surface area (Å²) >= 11 is 3.45. The van der Waals surface area contributed by atoms with Crippen LogP contribution in [-0.4, -0.2) is 30.8 Å². The van der Waals surface area contributed by atoms with Crippen LogP contribution < -0.4 is 10.2 Å². The number of hydrogen-bond acceptors (Lipinski definition) is 3. The molecule has 0 bridgehead atoms. The highest BCUT2D eigenvalue weighted by Gasteiger charge is 2.20. The number of hydrogen-bond donors (Lipinski definition) is 1. The summed E-state index contributed by atoms with van der Waals surface area (Å²) in [7, 11) is 0. The van der Waals surface area contributed by atoms with Crippen molar-refractivity contribution >= 4 is 33.3 Å². The molecule has 1 aliphatic heterocycles. The van der Waals surface area contributed by atoms with Crippen molar-refractivity contribution in [3.8, 4) is 0 Å². The first-order valence-electron chi connectivity index (χ1n) is 6.80. The number of Topliss-reactive ketones (excluding diaryl/α,β-unsaturated/α-hetero) is 1. The maximum absolute atomic E-state index is 11.4. The first-order valence-corrected chi connectivity index (χ1v) is 7.59. The van der Waals surface area contributed by atoms with Gasteiger partial charge in [0, 0.05) is 41.8 Å². The number of ketones is 1. The standard InChI is InChI=1S/C15H19BrN2O2/c1-10(19)14-4-3-13(9-15(14)16)18-7-5-12(6-8-18)17-11(2)20/h3-4,9,12H,5-8H2,1-2H3,(H,17,20). The van der Waals surface area contributed by atoms with E-state index >= 15 is 0 Å². The average molecular weight is 339 g/mol. The molecule has 1 N–H and O–H groups in total. The lowest BCUT2D eigenvalue weighted by Crippen LogP contribution is -2.44. The van der Waals surface area contributed by atoms with Crippen LogP contribution in [0.1, 0.15) is 37.0 Å². The Balaban J connectivity index is 2.02. The van der Waals surface area contributed by atoms with Gasteiger partial charge in [0.05, 0.1) is 0 Å². The summed E-state index contributed by atoms with van der Waals surface area (Å²) in [6.45, 7) is 4.95. The molecule has 1 aliphatic rings. The van der Waals surface area contributed by atoms with Crippen LogP contribution in [0.5, 0.6) is 0 Å². The molecule has 5 heteroatoms. The molecular formula is C15H19BrN2O2. The molecule has 0 saturated carbocycles. The summed E-state index contributed by atoms with van der Waals surface area (Å²) < 4.78 is 0.839. The van der Waals surface area contributed by atoms with Crippen LogP contribution in [-0.2, 0) is 4.79 Å². The molecule has 1 aromatic rings. The zero-order chi connectivity index (χ0) is 14.7. The van der Waals surface area contributed by atoms with E-state index in [2.05, 4.69) is 26.1 Å². The SMILES string of the molecule is CC(=O)NC1CCN(c2ccc(C(C)=O)c(Br)c2)CC1. The van der Waals surface area contributed by atoms with Gasteiger partial charge >= 0.3 is 0 Å². The molecule has 0 unspecified atom stereocenters. The second-order valence-corrected chi connectivity index (χ2v) is 6.04. The highest BCUT2D eigenvalue weighted by molar-refractivity contribution is 9.10. The molecule has 0 aliphatic carbocycles. The predicted octanol–water partition coefficient (Wildman–Crippen LogP) is 2.76. The van der Waals surface area contributed by atoms with Gasteiger partial charge in [-0.1, -0.05) is 0 Å². The fraction of sp³-hybridized carbons (Fsp3) is 0.467. The van der Waals surface area contributed by atoms with Gasteiger partial charge in [0.1, 0.15) is 0 Å². The molecule has 1 saturated heterocycles. The molecular weight excluding hydrogens is 320 g/mol. The molecule has 0 spiro atoms. The Morgan fingerprint density at radius 3 is 2.40 bits per heavy atom. The van der Waals surface area contributed by atoms with Gasteiger partial charge in [0.25, 0.3) is 0 Å². The Kier molecular flexibility index (Phi) is 4.81. The predicted molar refractivity (Wildman–Crippen MR) is 83.2 cm³/mol. The third-order valence-corrected chi connectivity index (χ3v) is 4.26. The van der Waals surface area contributed by atoms with Crippen LogP contribution in [0.4, 0.5) is 5.69 Å².